The second kappa shape index (κ2) is 12.2. The minimum Gasteiger partial charge on any atom is -0.377 e. The van der Waals surface area contributed by atoms with Gasteiger partial charge in [-0.1, -0.05) is 40.7 Å². The molecule has 1 atom stereocenters. The molecule has 1 rings (SSSR count). The minimum absolute atomic E-state index is 0.118. The summed E-state index contributed by atoms with van der Waals surface area (Å²) in [4.78, 5) is 13.2. The topological polar surface area (TPSA) is 29.5 Å². The standard InChI is InChI=1S/C12H21NO2.2C2H6/c1-4-8-15-10-12(3)6-5-7-13(9-12)11(2)14;2*1-2/h4H,1,5-10H2,2-3H3;2*1-2H3. The predicted octanol–water partition coefficient (Wildman–Crippen LogP) is 3.89. The van der Waals surface area contributed by atoms with Crippen LogP contribution < -0.4 is 0 Å². The molecule has 0 aromatic rings. The van der Waals surface area contributed by atoms with Crippen LogP contribution in [0.5, 0.6) is 0 Å². The number of carbonyl (C=O) groups is 1. The number of hydrogen-bond acceptors (Lipinski definition) is 2. The van der Waals surface area contributed by atoms with E-state index in [0.29, 0.717) is 13.2 Å². The van der Waals surface area contributed by atoms with Gasteiger partial charge < -0.3 is 9.64 Å². The highest BCUT2D eigenvalue weighted by Crippen LogP contribution is 2.29. The zero-order valence-electron chi connectivity index (χ0n) is 13.8. The smallest absolute Gasteiger partial charge is 0.219 e. The van der Waals surface area contributed by atoms with Crippen molar-refractivity contribution in [1.29, 1.82) is 0 Å². The monoisotopic (exact) mass is 271 g/mol. The Balaban J connectivity index is 0. The highest BCUT2D eigenvalue weighted by atomic mass is 16.5. The number of hydrogen-bond donors (Lipinski definition) is 0. The lowest BCUT2D eigenvalue weighted by atomic mass is 9.82. The molecule has 0 radical (unpaired) electrons. The number of ether oxygens (including phenoxy) is 1. The summed E-state index contributed by atoms with van der Waals surface area (Å²) >= 11 is 0. The van der Waals surface area contributed by atoms with E-state index in [-0.39, 0.29) is 11.3 Å². The van der Waals surface area contributed by atoms with Crippen molar-refractivity contribution in [2.75, 3.05) is 26.3 Å². The van der Waals surface area contributed by atoms with Gasteiger partial charge in [-0.05, 0) is 12.8 Å². The van der Waals surface area contributed by atoms with Crippen molar-refractivity contribution in [3.05, 3.63) is 12.7 Å². The van der Waals surface area contributed by atoms with Gasteiger partial charge in [-0.15, -0.1) is 6.58 Å². The molecule has 19 heavy (non-hydrogen) atoms. The van der Waals surface area contributed by atoms with Crippen LogP contribution in [0.15, 0.2) is 12.7 Å². The number of carbonyl (C=O) groups excluding carboxylic acids is 1. The van der Waals surface area contributed by atoms with E-state index in [1.807, 2.05) is 32.6 Å². The average Bonchev–Trinajstić information content (AvgIpc) is 2.43. The molecule has 114 valence electrons. The molecule has 1 aliphatic heterocycles. The maximum absolute atomic E-state index is 11.3. The summed E-state index contributed by atoms with van der Waals surface area (Å²) in [6.07, 6.45) is 3.97. The molecule has 0 aromatic carbocycles. The van der Waals surface area contributed by atoms with Crippen molar-refractivity contribution in [1.82, 2.24) is 4.90 Å². The first-order valence-electron chi connectivity index (χ1n) is 7.51. The summed E-state index contributed by atoms with van der Waals surface area (Å²) < 4.78 is 5.50. The predicted molar refractivity (Wildman–Crippen MR) is 83.3 cm³/mol. The van der Waals surface area contributed by atoms with Crippen molar-refractivity contribution >= 4 is 5.91 Å². The van der Waals surface area contributed by atoms with E-state index < -0.39 is 0 Å². The number of amides is 1. The summed E-state index contributed by atoms with van der Waals surface area (Å²) in [6.45, 7) is 18.5. The Kier molecular flexibility index (Phi) is 13.2. The zero-order chi connectivity index (χ0) is 15.3. The summed E-state index contributed by atoms with van der Waals surface area (Å²) in [6, 6.07) is 0. The second-order valence-electron chi connectivity index (χ2n) is 4.66. The molecule has 0 aliphatic carbocycles. The van der Waals surface area contributed by atoms with Crippen molar-refractivity contribution in [3.8, 4) is 0 Å². The van der Waals surface area contributed by atoms with Gasteiger partial charge in [-0.25, -0.2) is 0 Å². The van der Waals surface area contributed by atoms with Gasteiger partial charge in [-0.2, -0.15) is 0 Å². The van der Waals surface area contributed by atoms with E-state index in [2.05, 4.69) is 13.5 Å². The molecule has 1 fully saturated rings. The third-order valence-electron chi connectivity index (χ3n) is 2.91. The van der Waals surface area contributed by atoms with Crippen LogP contribution in [0.25, 0.3) is 0 Å². The van der Waals surface area contributed by atoms with Crippen LogP contribution in [0.1, 0.15) is 54.4 Å². The van der Waals surface area contributed by atoms with Gasteiger partial charge in [0.15, 0.2) is 0 Å². The van der Waals surface area contributed by atoms with Gasteiger partial charge in [-0.3, -0.25) is 4.79 Å². The number of likely N-dealkylation sites (tertiary alicyclic amines) is 1. The fourth-order valence-corrected chi connectivity index (χ4v) is 2.09. The average molecular weight is 271 g/mol. The molecule has 0 spiro atoms. The Morgan fingerprint density at radius 2 is 1.95 bits per heavy atom. The molecule has 0 aromatic heterocycles. The maximum atomic E-state index is 11.3. The molecule has 3 heteroatoms. The number of piperidine rings is 1. The summed E-state index contributed by atoms with van der Waals surface area (Å²) in [5, 5.41) is 0. The zero-order valence-corrected chi connectivity index (χ0v) is 13.8. The quantitative estimate of drug-likeness (QED) is 0.573. The van der Waals surface area contributed by atoms with Crippen molar-refractivity contribution in [2.24, 2.45) is 5.41 Å². The van der Waals surface area contributed by atoms with Crippen molar-refractivity contribution in [2.45, 2.75) is 54.4 Å². The summed E-state index contributed by atoms with van der Waals surface area (Å²) in [5.74, 6) is 0.171. The lowest BCUT2D eigenvalue weighted by Crippen LogP contribution is -2.46. The van der Waals surface area contributed by atoms with E-state index in [9.17, 15) is 4.79 Å². The van der Waals surface area contributed by atoms with Crippen LogP contribution >= 0.6 is 0 Å². The molecule has 0 saturated carbocycles. The van der Waals surface area contributed by atoms with Gasteiger partial charge >= 0.3 is 0 Å². The molecule has 1 heterocycles. The highest BCUT2D eigenvalue weighted by Gasteiger charge is 2.32. The largest absolute Gasteiger partial charge is 0.377 e. The Morgan fingerprint density at radius 3 is 2.42 bits per heavy atom. The molecule has 3 nitrogen and oxygen atoms in total. The molecule has 0 bridgehead atoms. The Hall–Kier alpha value is -0.830. The van der Waals surface area contributed by atoms with Gasteiger partial charge in [0.2, 0.25) is 5.91 Å². The van der Waals surface area contributed by atoms with Crippen LogP contribution in [0, 0.1) is 5.41 Å². The Morgan fingerprint density at radius 1 is 1.37 bits per heavy atom. The normalized spacial score (nSPS) is 21.5. The first-order valence-corrected chi connectivity index (χ1v) is 7.51. The van der Waals surface area contributed by atoms with Crippen LogP contribution in [0.3, 0.4) is 0 Å². The SMILES string of the molecule is C=CCOCC1(C)CCCN(C(C)=O)C1.CC.CC. The summed E-state index contributed by atoms with van der Waals surface area (Å²) in [7, 11) is 0. The molecule has 1 saturated heterocycles. The van der Waals surface area contributed by atoms with Crippen molar-refractivity contribution < 1.29 is 9.53 Å². The first kappa shape index (κ1) is 20.5. The molecular formula is C16H33NO2. The van der Waals surface area contributed by atoms with E-state index in [1.165, 1.54) is 0 Å². The second-order valence-corrected chi connectivity index (χ2v) is 4.66. The molecule has 1 amide bonds. The lowest BCUT2D eigenvalue weighted by molar-refractivity contribution is -0.133. The number of rotatable bonds is 4. The first-order chi connectivity index (χ1) is 9.07. The van der Waals surface area contributed by atoms with E-state index in [0.717, 1.165) is 25.9 Å². The highest BCUT2D eigenvalue weighted by molar-refractivity contribution is 5.73. The van der Waals surface area contributed by atoms with Gasteiger partial charge in [0.25, 0.3) is 0 Å². The van der Waals surface area contributed by atoms with Crippen LogP contribution in [-0.4, -0.2) is 37.1 Å². The van der Waals surface area contributed by atoms with E-state index in [1.54, 1.807) is 13.0 Å². The van der Waals surface area contributed by atoms with Gasteiger partial charge in [0.05, 0.1) is 13.2 Å². The van der Waals surface area contributed by atoms with Crippen LogP contribution in [0.2, 0.25) is 0 Å². The molecular weight excluding hydrogens is 238 g/mol. The molecule has 1 aliphatic rings. The fourth-order valence-electron chi connectivity index (χ4n) is 2.09. The number of nitrogens with zero attached hydrogens (tertiary/aromatic N) is 1. The maximum Gasteiger partial charge on any atom is 0.219 e. The van der Waals surface area contributed by atoms with Crippen LogP contribution in [-0.2, 0) is 9.53 Å². The molecule has 1 unspecified atom stereocenters. The van der Waals surface area contributed by atoms with Gasteiger partial charge in [0.1, 0.15) is 0 Å². The van der Waals surface area contributed by atoms with Crippen molar-refractivity contribution in [3.63, 3.8) is 0 Å². The molecule has 0 N–H and O–H groups in total. The third kappa shape index (κ3) is 8.82. The minimum atomic E-state index is 0.118. The summed E-state index contributed by atoms with van der Waals surface area (Å²) in [5.41, 5.74) is 0.118. The third-order valence-corrected chi connectivity index (χ3v) is 2.91. The lowest BCUT2D eigenvalue weighted by Gasteiger charge is -2.39. The Bertz CT molecular complexity index is 241. The van der Waals surface area contributed by atoms with E-state index >= 15 is 0 Å². The fraction of sp³-hybridized carbons (Fsp3) is 0.812. The Labute approximate surface area is 120 Å². The van der Waals surface area contributed by atoms with Gasteiger partial charge in [0, 0.05) is 25.4 Å². The van der Waals surface area contributed by atoms with E-state index in [4.69, 9.17) is 4.74 Å². The van der Waals surface area contributed by atoms with Crippen LogP contribution in [0.4, 0.5) is 0 Å².